The van der Waals surface area contributed by atoms with Crippen molar-refractivity contribution in [2.24, 2.45) is 0 Å². The molecule has 0 saturated carbocycles. The first-order valence-corrected chi connectivity index (χ1v) is 5.85. The molecular formula is C7H17NO3S. The summed E-state index contributed by atoms with van der Waals surface area (Å²) < 4.78 is 23.1. The third kappa shape index (κ3) is 5.51. The van der Waals surface area contributed by atoms with Crippen LogP contribution in [-0.4, -0.2) is 44.3 Å². The SMILES string of the molecule is CN(CCCCCO)S(C)(=O)=O. The number of unbranched alkanes of at least 4 members (excludes halogenated alkanes) is 2. The molecule has 0 radical (unpaired) electrons. The van der Waals surface area contributed by atoms with Gasteiger partial charge in [-0.25, -0.2) is 12.7 Å². The number of nitrogens with zero attached hydrogens (tertiary/aromatic N) is 1. The van der Waals surface area contributed by atoms with E-state index in [1.54, 1.807) is 7.05 Å². The topological polar surface area (TPSA) is 57.6 Å². The first-order valence-electron chi connectivity index (χ1n) is 4.00. The third-order valence-electron chi connectivity index (χ3n) is 1.70. The quantitative estimate of drug-likeness (QED) is 0.609. The predicted molar refractivity (Wildman–Crippen MR) is 48.4 cm³/mol. The number of hydrogen-bond donors (Lipinski definition) is 1. The summed E-state index contributed by atoms with van der Waals surface area (Å²) in [4.78, 5) is 0. The van der Waals surface area contributed by atoms with E-state index in [9.17, 15) is 8.42 Å². The maximum atomic E-state index is 10.9. The standard InChI is InChI=1S/C7H17NO3S/c1-8(12(2,10)11)6-4-3-5-7-9/h9H,3-7H2,1-2H3. The van der Waals surface area contributed by atoms with Crippen molar-refractivity contribution in [3.63, 3.8) is 0 Å². The molecule has 0 atom stereocenters. The molecule has 0 aromatic heterocycles. The Kier molecular flexibility index (Phi) is 5.44. The maximum Gasteiger partial charge on any atom is 0.210 e. The first-order chi connectivity index (χ1) is 5.48. The van der Waals surface area contributed by atoms with Gasteiger partial charge in [-0.15, -0.1) is 0 Å². The van der Waals surface area contributed by atoms with Crippen LogP contribution in [0.25, 0.3) is 0 Å². The van der Waals surface area contributed by atoms with Crippen LogP contribution in [0.1, 0.15) is 19.3 Å². The summed E-state index contributed by atoms with van der Waals surface area (Å²) >= 11 is 0. The summed E-state index contributed by atoms with van der Waals surface area (Å²) in [6.45, 7) is 0.724. The van der Waals surface area contributed by atoms with Gasteiger partial charge in [-0.1, -0.05) is 0 Å². The van der Waals surface area contributed by atoms with Gasteiger partial charge in [0.05, 0.1) is 6.26 Å². The Labute approximate surface area is 74.2 Å². The Morgan fingerprint density at radius 3 is 2.25 bits per heavy atom. The molecule has 12 heavy (non-hydrogen) atoms. The molecule has 0 aromatic rings. The molecule has 0 saturated heterocycles. The molecule has 0 amide bonds. The van der Waals surface area contributed by atoms with E-state index in [0.717, 1.165) is 19.3 Å². The van der Waals surface area contributed by atoms with E-state index in [0.29, 0.717) is 6.54 Å². The van der Waals surface area contributed by atoms with Gasteiger partial charge in [0.1, 0.15) is 0 Å². The molecule has 4 nitrogen and oxygen atoms in total. The molecular weight excluding hydrogens is 178 g/mol. The second-order valence-corrected chi connectivity index (χ2v) is 4.96. The van der Waals surface area contributed by atoms with Crippen molar-refractivity contribution in [1.82, 2.24) is 4.31 Å². The number of aliphatic hydroxyl groups is 1. The van der Waals surface area contributed by atoms with Gasteiger partial charge in [-0.3, -0.25) is 0 Å². The lowest BCUT2D eigenvalue weighted by molar-refractivity contribution is 0.281. The zero-order chi connectivity index (χ0) is 9.61. The van der Waals surface area contributed by atoms with Crippen LogP contribution in [0.4, 0.5) is 0 Å². The van der Waals surface area contributed by atoms with Crippen molar-refractivity contribution in [2.45, 2.75) is 19.3 Å². The zero-order valence-electron chi connectivity index (χ0n) is 7.65. The maximum absolute atomic E-state index is 10.9. The lowest BCUT2D eigenvalue weighted by atomic mass is 10.2. The predicted octanol–water partition coefficient (Wildman–Crippen LogP) is 0.0404. The van der Waals surface area contributed by atoms with Gasteiger partial charge in [-0.05, 0) is 19.3 Å². The van der Waals surface area contributed by atoms with Gasteiger partial charge in [0, 0.05) is 20.2 Å². The highest BCUT2D eigenvalue weighted by molar-refractivity contribution is 7.88. The van der Waals surface area contributed by atoms with Crippen molar-refractivity contribution in [2.75, 3.05) is 26.5 Å². The Balaban J connectivity index is 3.52. The van der Waals surface area contributed by atoms with Gasteiger partial charge in [0.15, 0.2) is 0 Å². The molecule has 0 rings (SSSR count). The Morgan fingerprint density at radius 2 is 1.83 bits per heavy atom. The summed E-state index contributed by atoms with van der Waals surface area (Å²) in [7, 11) is -1.46. The Bertz CT molecular complexity index is 201. The van der Waals surface area contributed by atoms with E-state index in [1.807, 2.05) is 0 Å². The normalized spacial score (nSPS) is 12.3. The van der Waals surface area contributed by atoms with Crippen LogP contribution in [-0.2, 0) is 10.0 Å². The summed E-state index contributed by atoms with van der Waals surface area (Å²) in [5.74, 6) is 0. The van der Waals surface area contributed by atoms with Gasteiger partial charge < -0.3 is 5.11 Å². The van der Waals surface area contributed by atoms with Gasteiger partial charge in [0.2, 0.25) is 10.0 Å². The molecule has 0 aliphatic carbocycles. The number of sulfonamides is 1. The highest BCUT2D eigenvalue weighted by Crippen LogP contribution is 1.99. The van der Waals surface area contributed by atoms with Crippen LogP contribution >= 0.6 is 0 Å². The van der Waals surface area contributed by atoms with Gasteiger partial charge >= 0.3 is 0 Å². The minimum absolute atomic E-state index is 0.183. The average molecular weight is 195 g/mol. The second kappa shape index (κ2) is 5.50. The molecule has 0 unspecified atom stereocenters. The van der Waals surface area contributed by atoms with E-state index in [1.165, 1.54) is 10.6 Å². The monoisotopic (exact) mass is 195 g/mol. The van der Waals surface area contributed by atoms with Crippen molar-refractivity contribution < 1.29 is 13.5 Å². The van der Waals surface area contributed by atoms with Crippen LogP contribution < -0.4 is 0 Å². The number of aliphatic hydroxyl groups excluding tert-OH is 1. The van der Waals surface area contributed by atoms with E-state index >= 15 is 0 Å². The van der Waals surface area contributed by atoms with Crippen LogP contribution in [0.3, 0.4) is 0 Å². The lowest BCUT2D eigenvalue weighted by Crippen LogP contribution is -2.26. The summed E-state index contributed by atoms with van der Waals surface area (Å²) in [5, 5.41) is 8.46. The fourth-order valence-electron chi connectivity index (χ4n) is 0.789. The molecule has 0 bridgehead atoms. The van der Waals surface area contributed by atoms with Crippen LogP contribution in [0.5, 0.6) is 0 Å². The summed E-state index contributed by atoms with van der Waals surface area (Å²) in [6.07, 6.45) is 3.62. The molecule has 0 fully saturated rings. The largest absolute Gasteiger partial charge is 0.396 e. The van der Waals surface area contributed by atoms with E-state index < -0.39 is 10.0 Å². The smallest absolute Gasteiger partial charge is 0.210 e. The molecule has 0 aromatic carbocycles. The minimum Gasteiger partial charge on any atom is -0.396 e. The molecule has 0 heterocycles. The van der Waals surface area contributed by atoms with Gasteiger partial charge in [0.25, 0.3) is 0 Å². The first kappa shape index (κ1) is 11.9. The summed E-state index contributed by atoms with van der Waals surface area (Å²) in [5.41, 5.74) is 0. The van der Waals surface area contributed by atoms with Crippen molar-refractivity contribution >= 4 is 10.0 Å². The highest BCUT2D eigenvalue weighted by atomic mass is 32.2. The van der Waals surface area contributed by atoms with Crippen LogP contribution in [0, 0.1) is 0 Å². The van der Waals surface area contributed by atoms with E-state index in [-0.39, 0.29) is 6.61 Å². The highest BCUT2D eigenvalue weighted by Gasteiger charge is 2.08. The minimum atomic E-state index is -3.02. The Morgan fingerprint density at radius 1 is 1.25 bits per heavy atom. The number of rotatable bonds is 6. The molecule has 1 N–H and O–H groups in total. The third-order valence-corrected chi connectivity index (χ3v) is 3.01. The molecule has 0 aliphatic heterocycles. The molecule has 0 aliphatic rings. The van der Waals surface area contributed by atoms with E-state index in [2.05, 4.69) is 0 Å². The van der Waals surface area contributed by atoms with Crippen LogP contribution in [0.2, 0.25) is 0 Å². The van der Waals surface area contributed by atoms with Crippen LogP contribution in [0.15, 0.2) is 0 Å². The molecule has 74 valence electrons. The summed E-state index contributed by atoms with van der Waals surface area (Å²) in [6, 6.07) is 0. The van der Waals surface area contributed by atoms with Crippen molar-refractivity contribution in [3.8, 4) is 0 Å². The molecule has 0 spiro atoms. The van der Waals surface area contributed by atoms with E-state index in [4.69, 9.17) is 5.11 Å². The average Bonchev–Trinajstić information content (AvgIpc) is 1.96. The van der Waals surface area contributed by atoms with Gasteiger partial charge in [-0.2, -0.15) is 0 Å². The number of hydrogen-bond acceptors (Lipinski definition) is 3. The fraction of sp³-hybridized carbons (Fsp3) is 1.00. The Hall–Kier alpha value is -0.130. The fourth-order valence-corrected chi connectivity index (χ4v) is 1.25. The second-order valence-electron chi connectivity index (χ2n) is 2.87. The van der Waals surface area contributed by atoms with Crippen molar-refractivity contribution in [1.29, 1.82) is 0 Å². The zero-order valence-corrected chi connectivity index (χ0v) is 8.47. The lowest BCUT2D eigenvalue weighted by Gasteiger charge is -2.12. The molecule has 5 heteroatoms. The van der Waals surface area contributed by atoms with Crippen molar-refractivity contribution in [3.05, 3.63) is 0 Å².